The maximum Gasteiger partial charge on any atom is 0.141 e. The van der Waals surface area contributed by atoms with E-state index in [0.717, 1.165) is 19.3 Å². The van der Waals surface area contributed by atoms with Crippen molar-refractivity contribution in [2.24, 2.45) is 0 Å². The average Bonchev–Trinajstić information content (AvgIpc) is 2.46. The van der Waals surface area contributed by atoms with E-state index in [0.29, 0.717) is 12.1 Å². The van der Waals surface area contributed by atoms with Crippen molar-refractivity contribution in [2.75, 3.05) is 13.6 Å². The van der Waals surface area contributed by atoms with Crippen LogP contribution < -0.4 is 0 Å². The third kappa shape index (κ3) is 4.36. The van der Waals surface area contributed by atoms with Crippen LogP contribution in [0.15, 0.2) is 42.9 Å². The van der Waals surface area contributed by atoms with E-state index in [2.05, 4.69) is 14.9 Å². The molecular formula is C15H18FN3O. The molecule has 1 N–H and O–H groups in total. The first kappa shape index (κ1) is 14.6. The molecule has 0 aromatic carbocycles. The van der Waals surface area contributed by atoms with Crippen LogP contribution in [0.5, 0.6) is 0 Å². The molecule has 4 nitrogen and oxygen atoms in total. The van der Waals surface area contributed by atoms with E-state index < -0.39 is 11.9 Å². The number of nitrogens with zero attached hydrogens (tertiary/aromatic N) is 3. The Morgan fingerprint density at radius 1 is 1.25 bits per heavy atom. The number of aromatic nitrogens is 2. The maximum atomic E-state index is 12.7. The largest absolute Gasteiger partial charge is 0.387 e. The minimum absolute atomic E-state index is 0.393. The first-order valence-corrected chi connectivity index (χ1v) is 6.52. The van der Waals surface area contributed by atoms with Crippen molar-refractivity contribution < 1.29 is 9.50 Å². The molecular weight excluding hydrogens is 257 g/mol. The zero-order valence-corrected chi connectivity index (χ0v) is 11.4. The Hall–Kier alpha value is -1.85. The Balaban J connectivity index is 1.81. The van der Waals surface area contributed by atoms with Crippen molar-refractivity contribution in [2.45, 2.75) is 19.1 Å². The van der Waals surface area contributed by atoms with Crippen molar-refractivity contribution in [1.29, 1.82) is 0 Å². The van der Waals surface area contributed by atoms with Gasteiger partial charge in [-0.2, -0.15) is 0 Å². The minimum Gasteiger partial charge on any atom is -0.387 e. The summed E-state index contributed by atoms with van der Waals surface area (Å²) < 4.78 is 12.7. The number of aliphatic hydroxyl groups excluding tert-OH is 1. The van der Waals surface area contributed by atoms with Gasteiger partial charge in [-0.3, -0.25) is 9.97 Å². The molecule has 0 saturated carbocycles. The zero-order valence-electron chi connectivity index (χ0n) is 11.4. The van der Waals surface area contributed by atoms with Gasteiger partial charge in [0.1, 0.15) is 5.82 Å². The Morgan fingerprint density at radius 3 is 2.65 bits per heavy atom. The van der Waals surface area contributed by atoms with E-state index in [4.69, 9.17) is 0 Å². The van der Waals surface area contributed by atoms with Gasteiger partial charge in [-0.1, -0.05) is 0 Å². The summed E-state index contributed by atoms with van der Waals surface area (Å²) in [7, 11) is 1.99. The average molecular weight is 275 g/mol. The molecule has 2 aromatic rings. The van der Waals surface area contributed by atoms with E-state index in [-0.39, 0.29) is 0 Å². The summed E-state index contributed by atoms with van der Waals surface area (Å²) in [4.78, 5) is 9.98. The molecule has 0 amide bonds. The Labute approximate surface area is 117 Å². The lowest BCUT2D eigenvalue weighted by atomic mass is 10.1. The second-order valence-corrected chi connectivity index (χ2v) is 4.80. The van der Waals surface area contributed by atoms with Crippen molar-refractivity contribution in [3.05, 3.63) is 59.9 Å². The standard InChI is InChI=1S/C15H18FN3O/c1-19(11-12-4-7-17-8-5-12)9-6-15(20)14-3-2-13(16)10-18-14/h2-5,7-8,10,15,20H,6,9,11H2,1H3. The van der Waals surface area contributed by atoms with Crippen molar-refractivity contribution >= 4 is 0 Å². The highest BCUT2D eigenvalue weighted by atomic mass is 19.1. The van der Waals surface area contributed by atoms with Gasteiger partial charge in [-0.25, -0.2) is 4.39 Å². The van der Waals surface area contributed by atoms with Crippen LogP contribution in [0.25, 0.3) is 0 Å². The van der Waals surface area contributed by atoms with Crippen LogP contribution in [0.1, 0.15) is 23.8 Å². The van der Waals surface area contributed by atoms with Gasteiger partial charge in [0, 0.05) is 25.5 Å². The summed E-state index contributed by atoms with van der Waals surface area (Å²) in [6, 6.07) is 6.76. The number of hydrogen-bond acceptors (Lipinski definition) is 4. The maximum absolute atomic E-state index is 12.7. The van der Waals surface area contributed by atoms with Gasteiger partial charge in [-0.05, 0) is 43.3 Å². The third-order valence-electron chi connectivity index (χ3n) is 3.08. The summed E-state index contributed by atoms with van der Waals surface area (Å²) in [5.41, 5.74) is 1.68. The fraction of sp³-hybridized carbons (Fsp3) is 0.333. The number of aliphatic hydroxyl groups is 1. The molecule has 0 aliphatic carbocycles. The summed E-state index contributed by atoms with van der Waals surface area (Å²) in [6.07, 6.45) is 4.54. The minimum atomic E-state index is -0.671. The lowest BCUT2D eigenvalue weighted by molar-refractivity contribution is 0.143. The van der Waals surface area contributed by atoms with Crippen molar-refractivity contribution in [3.63, 3.8) is 0 Å². The molecule has 1 atom stereocenters. The number of halogens is 1. The molecule has 2 rings (SSSR count). The summed E-state index contributed by atoms with van der Waals surface area (Å²) in [6.45, 7) is 1.52. The second kappa shape index (κ2) is 7.07. The first-order valence-electron chi connectivity index (χ1n) is 6.52. The fourth-order valence-corrected chi connectivity index (χ4v) is 1.95. The molecule has 0 spiro atoms. The van der Waals surface area contributed by atoms with Crippen molar-refractivity contribution in [3.8, 4) is 0 Å². The molecule has 0 aliphatic heterocycles. The van der Waals surface area contributed by atoms with Gasteiger partial charge < -0.3 is 10.0 Å². The lowest BCUT2D eigenvalue weighted by Crippen LogP contribution is -2.21. The van der Waals surface area contributed by atoms with Gasteiger partial charge in [0.05, 0.1) is 18.0 Å². The Morgan fingerprint density at radius 2 is 2.00 bits per heavy atom. The summed E-state index contributed by atoms with van der Waals surface area (Å²) >= 11 is 0. The zero-order chi connectivity index (χ0) is 14.4. The smallest absolute Gasteiger partial charge is 0.141 e. The monoisotopic (exact) mass is 275 g/mol. The summed E-state index contributed by atoms with van der Waals surface area (Å²) in [5, 5.41) is 10.0. The van der Waals surface area contributed by atoms with Crippen LogP contribution >= 0.6 is 0 Å². The van der Waals surface area contributed by atoms with Crippen LogP contribution in [0, 0.1) is 5.82 Å². The molecule has 0 bridgehead atoms. The molecule has 0 radical (unpaired) electrons. The highest BCUT2D eigenvalue weighted by Gasteiger charge is 2.10. The summed E-state index contributed by atoms with van der Waals surface area (Å²) in [5.74, 6) is -0.393. The normalized spacial score (nSPS) is 12.6. The van der Waals surface area contributed by atoms with Crippen LogP contribution in [0.2, 0.25) is 0 Å². The Bertz CT molecular complexity index is 518. The van der Waals surface area contributed by atoms with Crippen molar-refractivity contribution in [1.82, 2.24) is 14.9 Å². The predicted molar refractivity (Wildman–Crippen MR) is 74.3 cm³/mol. The van der Waals surface area contributed by atoms with Gasteiger partial charge in [0.15, 0.2) is 0 Å². The van der Waals surface area contributed by atoms with Crippen LogP contribution in [0.4, 0.5) is 4.39 Å². The van der Waals surface area contributed by atoms with E-state index in [1.807, 2.05) is 19.2 Å². The predicted octanol–water partition coefficient (Wildman–Crippen LogP) is 2.17. The second-order valence-electron chi connectivity index (χ2n) is 4.80. The molecule has 2 aromatic heterocycles. The molecule has 20 heavy (non-hydrogen) atoms. The third-order valence-corrected chi connectivity index (χ3v) is 3.08. The molecule has 106 valence electrons. The molecule has 5 heteroatoms. The highest BCUT2D eigenvalue weighted by molar-refractivity contribution is 5.10. The van der Waals surface area contributed by atoms with Gasteiger partial charge >= 0.3 is 0 Å². The highest BCUT2D eigenvalue weighted by Crippen LogP contribution is 2.15. The van der Waals surface area contributed by atoms with E-state index in [9.17, 15) is 9.50 Å². The lowest BCUT2D eigenvalue weighted by Gasteiger charge is -2.18. The SMILES string of the molecule is CN(CCC(O)c1ccc(F)cn1)Cc1ccncc1. The fourth-order valence-electron chi connectivity index (χ4n) is 1.95. The van der Waals surface area contributed by atoms with Gasteiger partial charge in [0.25, 0.3) is 0 Å². The number of hydrogen-bond donors (Lipinski definition) is 1. The van der Waals surface area contributed by atoms with Crippen LogP contribution in [0.3, 0.4) is 0 Å². The van der Waals surface area contributed by atoms with Gasteiger partial charge in [0.2, 0.25) is 0 Å². The van der Waals surface area contributed by atoms with Gasteiger partial charge in [-0.15, -0.1) is 0 Å². The molecule has 1 unspecified atom stereocenters. The topological polar surface area (TPSA) is 49.2 Å². The quantitative estimate of drug-likeness (QED) is 0.878. The molecule has 0 aliphatic rings. The number of rotatable bonds is 6. The number of pyridine rings is 2. The Kier molecular flexibility index (Phi) is 5.15. The van der Waals surface area contributed by atoms with Crippen LogP contribution in [-0.4, -0.2) is 33.6 Å². The molecule has 0 saturated heterocycles. The van der Waals surface area contributed by atoms with E-state index >= 15 is 0 Å². The van der Waals surface area contributed by atoms with E-state index in [1.54, 1.807) is 12.4 Å². The molecule has 2 heterocycles. The van der Waals surface area contributed by atoms with E-state index in [1.165, 1.54) is 17.7 Å². The molecule has 0 fully saturated rings. The van der Waals surface area contributed by atoms with Crippen LogP contribution in [-0.2, 0) is 6.54 Å². The first-order chi connectivity index (χ1) is 9.65.